The van der Waals surface area contributed by atoms with Crippen LogP contribution < -0.4 is 10.8 Å². The maximum Gasteiger partial charge on any atom is 0.150 e. The molecule has 1 saturated heterocycles. The molecule has 158 valence electrons. The maximum absolute atomic E-state index is 6.43. The second kappa shape index (κ2) is 8.93. The minimum Gasteiger partial charge on any atom is -0.501 e. The average molecular weight is 434 g/mol. The van der Waals surface area contributed by atoms with Gasteiger partial charge in [0.2, 0.25) is 0 Å². The van der Waals surface area contributed by atoms with Crippen LogP contribution in [0, 0.1) is 11.8 Å². The van der Waals surface area contributed by atoms with Gasteiger partial charge < -0.3 is 15.0 Å². The van der Waals surface area contributed by atoms with Crippen LogP contribution in [-0.2, 0) is 4.74 Å². The van der Waals surface area contributed by atoms with Crippen molar-refractivity contribution < 1.29 is 4.74 Å². The first-order chi connectivity index (χ1) is 15.2. The van der Waals surface area contributed by atoms with Crippen LogP contribution in [0.2, 0.25) is 5.02 Å². The van der Waals surface area contributed by atoms with E-state index >= 15 is 0 Å². The number of benzene rings is 1. The molecule has 0 saturated carbocycles. The molecule has 1 aromatic carbocycles. The summed E-state index contributed by atoms with van der Waals surface area (Å²) in [6.45, 7) is 4.99. The number of nitrogens with zero attached hydrogens (tertiary/aromatic N) is 4. The van der Waals surface area contributed by atoms with Crippen LogP contribution in [0.1, 0.15) is 12.8 Å². The molecule has 1 fully saturated rings. The molecule has 4 heterocycles. The smallest absolute Gasteiger partial charge is 0.150 e. The topological polar surface area (TPSA) is 54.7 Å². The second-order valence-corrected chi connectivity index (χ2v) is 8.82. The highest BCUT2D eigenvalue weighted by Gasteiger charge is 2.23. The van der Waals surface area contributed by atoms with Crippen LogP contribution in [0.3, 0.4) is 0 Å². The number of rotatable bonds is 6. The fourth-order valence-electron chi connectivity index (χ4n) is 4.49. The van der Waals surface area contributed by atoms with Crippen molar-refractivity contribution in [3.05, 3.63) is 53.9 Å². The maximum atomic E-state index is 6.43. The van der Waals surface area contributed by atoms with E-state index in [0.717, 1.165) is 49.9 Å². The Morgan fingerprint density at radius 3 is 3.03 bits per heavy atom. The van der Waals surface area contributed by atoms with E-state index in [-0.39, 0.29) is 0 Å². The van der Waals surface area contributed by atoms with Crippen LogP contribution in [0.5, 0.6) is 0 Å². The zero-order valence-electron chi connectivity index (χ0n) is 17.4. The van der Waals surface area contributed by atoms with Crippen LogP contribution in [0.15, 0.2) is 48.9 Å². The molecule has 2 unspecified atom stereocenters. The van der Waals surface area contributed by atoms with Gasteiger partial charge in [0, 0.05) is 48.4 Å². The summed E-state index contributed by atoms with van der Waals surface area (Å²) < 4.78 is 7.15. The number of halogens is 1. The lowest BCUT2D eigenvalue weighted by Crippen LogP contribution is -2.40. The molecule has 0 aliphatic carbocycles. The summed E-state index contributed by atoms with van der Waals surface area (Å²) in [6.07, 6.45) is 8.08. The molecule has 31 heavy (non-hydrogen) atoms. The molecule has 2 aromatic heterocycles. The van der Waals surface area contributed by atoms with Crippen molar-refractivity contribution in [2.75, 3.05) is 38.1 Å². The number of hydrogen-bond acceptors (Lipinski definition) is 5. The Bertz CT molecular complexity index is 1100. The summed E-state index contributed by atoms with van der Waals surface area (Å²) in [7, 11) is 6.14. The number of piperidine rings is 1. The van der Waals surface area contributed by atoms with Crippen molar-refractivity contribution in [3.63, 3.8) is 0 Å². The summed E-state index contributed by atoms with van der Waals surface area (Å²) in [4.78, 5) is 7.27. The van der Waals surface area contributed by atoms with Crippen LogP contribution in [0.4, 0.5) is 5.82 Å². The van der Waals surface area contributed by atoms with Gasteiger partial charge in [0.05, 0.1) is 18.6 Å². The van der Waals surface area contributed by atoms with E-state index < -0.39 is 0 Å². The number of hydrogen-bond donors (Lipinski definition) is 1. The van der Waals surface area contributed by atoms with Gasteiger partial charge in [0.15, 0.2) is 5.65 Å². The van der Waals surface area contributed by atoms with Gasteiger partial charge in [-0.25, -0.2) is 4.98 Å². The van der Waals surface area contributed by atoms with E-state index in [1.54, 1.807) is 10.7 Å². The van der Waals surface area contributed by atoms with Gasteiger partial charge in [-0.1, -0.05) is 29.8 Å². The summed E-state index contributed by atoms with van der Waals surface area (Å²) in [5, 5.41) is 8.70. The average Bonchev–Trinajstić information content (AvgIpc) is 3.43. The fraction of sp³-hybridized carbons (Fsp3) is 0.391. The summed E-state index contributed by atoms with van der Waals surface area (Å²) in [5.74, 6) is 1.96. The minimum absolute atomic E-state index is 0.511. The number of nitrogens with one attached hydrogen (secondary N) is 1. The lowest BCUT2D eigenvalue weighted by atomic mass is 9.97. The Kier molecular flexibility index (Phi) is 5.88. The van der Waals surface area contributed by atoms with E-state index in [0.29, 0.717) is 28.0 Å². The third-order valence-electron chi connectivity index (χ3n) is 6.07. The van der Waals surface area contributed by atoms with Crippen molar-refractivity contribution in [1.82, 2.24) is 19.5 Å². The van der Waals surface area contributed by atoms with E-state index in [2.05, 4.69) is 21.4 Å². The van der Waals surface area contributed by atoms with E-state index in [1.807, 2.05) is 36.6 Å². The summed E-state index contributed by atoms with van der Waals surface area (Å²) >= 11 is 6.43. The zero-order valence-corrected chi connectivity index (χ0v) is 18.1. The fourth-order valence-corrected chi connectivity index (χ4v) is 4.72. The van der Waals surface area contributed by atoms with Gasteiger partial charge in [-0.05, 0) is 42.9 Å². The standard InChI is InChI=1S/C23H25BClN5O/c24-19-12-27-30-22(10-21(28-23(19)30)18-5-1-2-6-20(18)25)26-11-16-4-3-8-29(13-16)14-17-7-9-31-15-17/h1-2,5-7,9-10,12,16-17,26H,3-4,8,11,13-15H2. The van der Waals surface area contributed by atoms with E-state index in [4.69, 9.17) is 29.2 Å². The molecule has 8 heteroatoms. The van der Waals surface area contributed by atoms with Crippen LogP contribution >= 0.6 is 11.6 Å². The molecule has 0 spiro atoms. The van der Waals surface area contributed by atoms with Crippen LogP contribution in [0.25, 0.3) is 16.9 Å². The molecule has 0 bridgehead atoms. The predicted molar refractivity (Wildman–Crippen MR) is 125 cm³/mol. The van der Waals surface area contributed by atoms with E-state index in [1.165, 1.54) is 12.8 Å². The quantitative estimate of drug-likeness (QED) is 0.605. The molecule has 6 nitrogen and oxygen atoms in total. The molecule has 2 atom stereocenters. The Balaban J connectivity index is 1.34. The van der Waals surface area contributed by atoms with E-state index in [9.17, 15) is 0 Å². The van der Waals surface area contributed by atoms with Crippen molar-refractivity contribution in [3.8, 4) is 11.3 Å². The van der Waals surface area contributed by atoms with Gasteiger partial charge in [0.25, 0.3) is 0 Å². The largest absolute Gasteiger partial charge is 0.501 e. The van der Waals surface area contributed by atoms with Gasteiger partial charge in [0.1, 0.15) is 13.7 Å². The van der Waals surface area contributed by atoms with Gasteiger partial charge in [-0.2, -0.15) is 9.61 Å². The second-order valence-electron chi connectivity index (χ2n) is 8.41. The highest BCUT2D eigenvalue weighted by Crippen LogP contribution is 2.28. The van der Waals surface area contributed by atoms with Gasteiger partial charge in [-0.15, -0.1) is 0 Å². The highest BCUT2D eigenvalue weighted by molar-refractivity contribution is 6.36. The lowest BCUT2D eigenvalue weighted by molar-refractivity contribution is 0.147. The first kappa shape index (κ1) is 20.4. The third kappa shape index (κ3) is 4.43. The number of ether oxygens (including phenoxy) is 1. The molecule has 2 aliphatic rings. The third-order valence-corrected chi connectivity index (χ3v) is 6.40. The SMILES string of the molecule is [B]c1cnn2c(NCC3CCCN(CC4C=COC4)C3)cc(-c3ccccc3Cl)nc12. The Labute approximate surface area is 188 Å². The molecule has 3 aromatic rings. The first-order valence-electron chi connectivity index (χ1n) is 10.8. The Morgan fingerprint density at radius 1 is 1.29 bits per heavy atom. The summed E-state index contributed by atoms with van der Waals surface area (Å²) in [6, 6.07) is 9.72. The lowest BCUT2D eigenvalue weighted by Gasteiger charge is -2.34. The monoisotopic (exact) mass is 433 g/mol. The van der Waals surface area contributed by atoms with Crippen molar-refractivity contribution in [1.29, 1.82) is 0 Å². The van der Waals surface area contributed by atoms with Crippen LogP contribution in [-0.4, -0.2) is 60.1 Å². The molecule has 5 rings (SSSR count). The Hall–Kier alpha value is -2.51. The van der Waals surface area contributed by atoms with Gasteiger partial charge in [-0.3, -0.25) is 0 Å². The van der Waals surface area contributed by atoms with Gasteiger partial charge >= 0.3 is 0 Å². The summed E-state index contributed by atoms with van der Waals surface area (Å²) in [5.41, 5.74) is 2.85. The molecule has 2 radical (unpaired) electrons. The number of fused-ring (bicyclic) bond motifs is 1. The number of anilines is 1. The molecule has 2 aliphatic heterocycles. The molecule has 0 amide bonds. The zero-order chi connectivity index (χ0) is 21.2. The Morgan fingerprint density at radius 2 is 2.19 bits per heavy atom. The molecular formula is C23H25BClN5O. The van der Waals surface area contributed by atoms with Crippen molar-refractivity contribution >= 4 is 36.4 Å². The predicted octanol–water partition coefficient (Wildman–Crippen LogP) is 3.13. The number of likely N-dealkylation sites (tertiary alicyclic amines) is 1. The molecule has 1 N–H and O–H groups in total. The first-order valence-corrected chi connectivity index (χ1v) is 11.2. The minimum atomic E-state index is 0.511. The normalized spacial score (nSPS) is 21.5. The highest BCUT2D eigenvalue weighted by atomic mass is 35.5. The number of aromatic nitrogens is 3. The van der Waals surface area contributed by atoms with Crippen molar-refractivity contribution in [2.24, 2.45) is 11.8 Å². The van der Waals surface area contributed by atoms with Crippen molar-refractivity contribution in [2.45, 2.75) is 12.8 Å². The molecular weight excluding hydrogens is 409 g/mol.